The van der Waals surface area contributed by atoms with Crippen molar-refractivity contribution >= 4 is 21.8 Å². The van der Waals surface area contributed by atoms with Gasteiger partial charge in [-0.2, -0.15) is 0 Å². The van der Waals surface area contributed by atoms with Crippen LogP contribution in [-0.2, 0) is 0 Å². The van der Waals surface area contributed by atoms with Crippen molar-refractivity contribution in [2.45, 2.75) is 19.8 Å². The van der Waals surface area contributed by atoms with Crippen LogP contribution in [0.15, 0.2) is 52.1 Å². The smallest absolute Gasteiger partial charge is 0.173 e. The molecule has 0 aliphatic carbocycles. The first-order valence-corrected chi connectivity index (χ1v) is 7.36. The Morgan fingerprint density at radius 2 is 1.90 bits per heavy atom. The Morgan fingerprint density at radius 1 is 1.19 bits per heavy atom. The molecule has 3 N–H and O–H groups in total. The summed E-state index contributed by atoms with van der Waals surface area (Å²) in [6.45, 7) is 4.21. The summed E-state index contributed by atoms with van der Waals surface area (Å²) in [4.78, 5) is 0. The zero-order chi connectivity index (χ0) is 15.4. The second-order valence-electron chi connectivity index (χ2n) is 4.92. The fraction of sp³-hybridized carbons (Fsp3) is 0.188. The quantitative estimate of drug-likeness (QED) is 0.371. The fourth-order valence-corrected chi connectivity index (χ4v) is 2.36. The van der Waals surface area contributed by atoms with Gasteiger partial charge in [-0.15, -0.1) is 0 Å². The maximum atomic E-state index is 8.89. The Morgan fingerprint density at radius 3 is 2.57 bits per heavy atom. The Balaban J connectivity index is 2.47. The van der Waals surface area contributed by atoms with Gasteiger partial charge in [0.25, 0.3) is 0 Å². The molecule has 2 rings (SSSR count). The van der Waals surface area contributed by atoms with Crippen LogP contribution in [0.4, 0.5) is 0 Å². The standard InChI is InChI=1S/C16H17BrN2O2/c1-10(2)12-5-3-4-6-14(12)21-15-9-11(17)7-8-13(15)16(18)19-20/h3-10,20H,1-2H3,(H2,18,19). The lowest BCUT2D eigenvalue weighted by Crippen LogP contribution is -2.14. The average Bonchev–Trinajstić information content (AvgIpc) is 2.47. The minimum Gasteiger partial charge on any atom is -0.456 e. The third kappa shape index (κ3) is 3.55. The number of hydrogen-bond donors (Lipinski definition) is 2. The Labute approximate surface area is 132 Å². The highest BCUT2D eigenvalue weighted by molar-refractivity contribution is 9.10. The summed E-state index contributed by atoms with van der Waals surface area (Å²) in [6, 6.07) is 13.2. The number of oxime groups is 1. The van der Waals surface area contributed by atoms with Crippen molar-refractivity contribution in [2.24, 2.45) is 10.9 Å². The third-order valence-corrected chi connectivity index (χ3v) is 3.58. The normalized spacial score (nSPS) is 11.7. The number of ether oxygens (including phenoxy) is 1. The zero-order valence-corrected chi connectivity index (χ0v) is 13.5. The molecule has 4 nitrogen and oxygen atoms in total. The van der Waals surface area contributed by atoms with Gasteiger partial charge in [0.15, 0.2) is 5.84 Å². The van der Waals surface area contributed by atoms with Gasteiger partial charge in [-0.1, -0.05) is 53.1 Å². The van der Waals surface area contributed by atoms with Gasteiger partial charge in [-0.05, 0) is 35.7 Å². The lowest BCUT2D eigenvalue weighted by molar-refractivity contribution is 0.318. The summed E-state index contributed by atoms with van der Waals surface area (Å²) < 4.78 is 6.86. The van der Waals surface area contributed by atoms with E-state index in [9.17, 15) is 0 Å². The van der Waals surface area contributed by atoms with Crippen molar-refractivity contribution in [2.75, 3.05) is 0 Å². The van der Waals surface area contributed by atoms with Crippen LogP contribution in [-0.4, -0.2) is 11.0 Å². The maximum absolute atomic E-state index is 8.89. The number of nitrogens with zero attached hydrogens (tertiary/aromatic N) is 1. The molecule has 0 fully saturated rings. The molecule has 21 heavy (non-hydrogen) atoms. The van der Waals surface area contributed by atoms with Gasteiger partial charge < -0.3 is 15.7 Å². The van der Waals surface area contributed by atoms with Crippen molar-refractivity contribution < 1.29 is 9.94 Å². The number of benzene rings is 2. The number of amidine groups is 1. The molecule has 2 aromatic carbocycles. The summed E-state index contributed by atoms with van der Waals surface area (Å²) in [6.07, 6.45) is 0. The molecule has 0 atom stereocenters. The van der Waals surface area contributed by atoms with Crippen LogP contribution in [0.3, 0.4) is 0 Å². The monoisotopic (exact) mass is 348 g/mol. The fourth-order valence-electron chi connectivity index (χ4n) is 2.02. The number of hydrogen-bond acceptors (Lipinski definition) is 3. The highest BCUT2D eigenvalue weighted by Gasteiger charge is 2.13. The van der Waals surface area contributed by atoms with E-state index in [0.717, 1.165) is 15.8 Å². The third-order valence-electron chi connectivity index (χ3n) is 3.09. The Bertz CT molecular complexity index is 669. The number of para-hydroxylation sites is 1. The van der Waals surface area contributed by atoms with E-state index in [-0.39, 0.29) is 5.84 Å². The van der Waals surface area contributed by atoms with E-state index < -0.39 is 0 Å². The summed E-state index contributed by atoms with van der Waals surface area (Å²) in [5, 5.41) is 11.9. The Kier molecular flexibility index (Phi) is 4.85. The zero-order valence-electron chi connectivity index (χ0n) is 11.9. The van der Waals surface area contributed by atoms with E-state index in [1.807, 2.05) is 30.3 Å². The molecule has 0 bridgehead atoms. The SMILES string of the molecule is CC(C)c1ccccc1Oc1cc(Br)ccc1/C(N)=N/O. The van der Waals surface area contributed by atoms with Gasteiger partial charge >= 0.3 is 0 Å². The van der Waals surface area contributed by atoms with Gasteiger partial charge in [-0.3, -0.25) is 0 Å². The van der Waals surface area contributed by atoms with Crippen LogP contribution >= 0.6 is 15.9 Å². The number of nitrogens with two attached hydrogens (primary N) is 1. The maximum Gasteiger partial charge on any atom is 0.173 e. The molecule has 0 saturated carbocycles. The molecule has 0 aromatic heterocycles. The molecule has 0 unspecified atom stereocenters. The van der Waals surface area contributed by atoms with Gasteiger partial charge in [-0.25, -0.2) is 0 Å². The first kappa shape index (κ1) is 15.4. The van der Waals surface area contributed by atoms with Crippen molar-refractivity contribution in [3.63, 3.8) is 0 Å². The summed E-state index contributed by atoms with van der Waals surface area (Å²) in [7, 11) is 0. The molecular formula is C16H17BrN2O2. The molecule has 0 aliphatic heterocycles. The highest BCUT2D eigenvalue weighted by Crippen LogP contribution is 2.33. The van der Waals surface area contributed by atoms with E-state index in [4.69, 9.17) is 15.7 Å². The van der Waals surface area contributed by atoms with Crippen LogP contribution in [0.2, 0.25) is 0 Å². The van der Waals surface area contributed by atoms with E-state index in [2.05, 4.69) is 34.9 Å². The lowest BCUT2D eigenvalue weighted by atomic mass is 10.0. The van der Waals surface area contributed by atoms with Crippen LogP contribution in [0.5, 0.6) is 11.5 Å². The van der Waals surface area contributed by atoms with E-state index in [1.54, 1.807) is 12.1 Å². The highest BCUT2D eigenvalue weighted by atomic mass is 79.9. The molecule has 2 aromatic rings. The predicted molar refractivity (Wildman–Crippen MR) is 87.3 cm³/mol. The minimum absolute atomic E-state index is 0.0135. The van der Waals surface area contributed by atoms with Crippen LogP contribution in [0, 0.1) is 0 Å². The van der Waals surface area contributed by atoms with Crippen LogP contribution in [0.1, 0.15) is 30.9 Å². The molecular weight excluding hydrogens is 332 g/mol. The predicted octanol–water partition coefficient (Wildman–Crippen LogP) is 4.46. The van der Waals surface area contributed by atoms with E-state index in [0.29, 0.717) is 17.2 Å². The molecule has 0 heterocycles. The summed E-state index contributed by atoms with van der Waals surface area (Å²) >= 11 is 3.40. The van der Waals surface area contributed by atoms with Crippen molar-refractivity contribution in [3.05, 3.63) is 58.1 Å². The first-order chi connectivity index (χ1) is 10.0. The lowest BCUT2D eigenvalue weighted by Gasteiger charge is -2.15. The molecule has 5 heteroatoms. The van der Waals surface area contributed by atoms with Gasteiger partial charge in [0.2, 0.25) is 0 Å². The van der Waals surface area contributed by atoms with Gasteiger partial charge in [0.1, 0.15) is 11.5 Å². The van der Waals surface area contributed by atoms with Gasteiger partial charge in [0, 0.05) is 4.47 Å². The topological polar surface area (TPSA) is 67.8 Å². The molecule has 0 saturated heterocycles. The van der Waals surface area contributed by atoms with Crippen molar-refractivity contribution in [1.82, 2.24) is 0 Å². The first-order valence-electron chi connectivity index (χ1n) is 6.57. The summed E-state index contributed by atoms with van der Waals surface area (Å²) in [5.74, 6) is 1.64. The van der Waals surface area contributed by atoms with E-state index >= 15 is 0 Å². The molecule has 0 spiro atoms. The molecule has 0 radical (unpaired) electrons. The average molecular weight is 349 g/mol. The van der Waals surface area contributed by atoms with E-state index in [1.165, 1.54) is 0 Å². The van der Waals surface area contributed by atoms with Crippen LogP contribution < -0.4 is 10.5 Å². The molecule has 0 amide bonds. The second kappa shape index (κ2) is 6.63. The second-order valence-corrected chi connectivity index (χ2v) is 5.84. The van der Waals surface area contributed by atoms with Gasteiger partial charge in [0.05, 0.1) is 5.56 Å². The number of halogens is 1. The molecule has 0 aliphatic rings. The molecule has 110 valence electrons. The Hall–Kier alpha value is -2.01. The van der Waals surface area contributed by atoms with Crippen molar-refractivity contribution in [1.29, 1.82) is 0 Å². The summed E-state index contributed by atoms with van der Waals surface area (Å²) in [5.41, 5.74) is 7.34. The van der Waals surface area contributed by atoms with Crippen LogP contribution in [0.25, 0.3) is 0 Å². The minimum atomic E-state index is 0.0135. The van der Waals surface area contributed by atoms with Crippen molar-refractivity contribution in [3.8, 4) is 11.5 Å². The largest absolute Gasteiger partial charge is 0.456 e. The number of rotatable bonds is 4.